The summed E-state index contributed by atoms with van der Waals surface area (Å²) < 4.78 is 27.4. The number of fused-ring (bicyclic) bond motifs is 2. The van der Waals surface area contributed by atoms with Crippen molar-refractivity contribution in [3.8, 4) is 0 Å². The van der Waals surface area contributed by atoms with E-state index in [0.717, 1.165) is 12.8 Å². The van der Waals surface area contributed by atoms with Crippen molar-refractivity contribution < 1.29 is 8.42 Å². The number of nitrogens with zero attached hydrogens (tertiary/aromatic N) is 1. The minimum Gasteiger partial charge on any atom is -0.318 e. The summed E-state index contributed by atoms with van der Waals surface area (Å²) in [6.45, 7) is 2.25. The van der Waals surface area contributed by atoms with Crippen LogP contribution in [0.2, 0.25) is 0 Å². The molecule has 2 bridgehead atoms. The SMILES string of the molecule is CNCC(C)S(=O)(=O)NC1CC2CCCC(C1)N2C. The van der Waals surface area contributed by atoms with Crippen LogP contribution in [0.1, 0.15) is 39.0 Å². The topological polar surface area (TPSA) is 61.4 Å². The fraction of sp³-hybridized carbons (Fsp3) is 1.00. The summed E-state index contributed by atoms with van der Waals surface area (Å²) in [7, 11) is 0.766. The van der Waals surface area contributed by atoms with Crippen molar-refractivity contribution in [2.45, 2.75) is 62.4 Å². The van der Waals surface area contributed by atoms with Gasteiger partial charge in [0.1, 0.15) is 0 Å². The quantitative estimate of drug-likeness (QED) is 0.775. The molecule has 3 unspecified atom stereocenters. The average molecular weight is 289 g/mol. The highest BCUT2D eigenvalue weighted by Crippen LogP contribution is 2.32. The first-order valence-corrected chi connectivity index (χ1v) is 8.86. The fourth-order valence-electron chi connectivity index (χ4n) is 3.46. The minimum atomic E-state index is -3.20. The van der Waals surface area contributed by atoms with E-state index in [1.165, 1.54) is 19.3 Å². The largest absolute Gasteiger partial charge is 0.318 e. The molecule has 19 heavy (non-hydrogen) atoms. The van der Waals surface area contributed by atoms with Gasteiger partial charge in [-0.05, 0) is 46.7 Å². The van der Waals surface area contributed by atoms with E-state index in [4.69, 9.17) is 0 Å². The minimum absolute atomic E-state index is 0.121. The highest BCUT2D eigenvalue weighted by atomic mass is 32.2. The highest BCUT2D eigenvalue weighted by molar-refractivity contribution is 7.90. The maximum absolute atomic E-state index is 12.2. The summed E-state index contributed by atoms with van der Waals surface area (Å²) in [6, 6.07) is 1.23. The van der Waals surface area contributed by atoms with Crippen molar-refractivity contribution in [2.75, 3.05) is 20.6 Å². The van der Waals surface area contributed by atoms with Gasteiger partial charge in [-0.3, -0.25) is 0 Å². The zero-order chi connectivity index (χ0) is 14.0. The molecule has 0 spiro atoms. The van der Waals surface area contributed by atoms with E-state index in [2.05, 4.69) is 22.0 Å². The Balaban J connectivity index is 1.97. The molecule has 2 heterocycles. The molecule has 0 amide bonds. The Morgan fingerprint density at radius 2 is 1.84 bits per heavy atom. The van der Waals surface area contributed by atoms with Crippen molar-refractivity contribution >= 4 is 10.0 Å². The van der Waals surface area contributed by atoms with Crippen molar-refractivity contribution in [3.05, 3.63) is 0 Å². The van der Waals surface area contributed by atoms with Gasteiger partial charge in [-0.2, -0.15) is 0 Å². The number of rotatable bonds is 5. The average Bonchev–Trinajstić information content (AvgIpc) is 2.30. The first-order chi connectivity index (χ1) is 8.94. The smallest absolute Gasteiger partial charge is 0.215 e. The predicted octanol–water partition coefficient (Wildman–Crippen LogP) is 0.529. The first kappa shape index (κ1) is 15.2. The van der Waals surface area contributed by atoms with Gasteiger partial charge < -0.3 is 10.2 Å². The van der Waals surface area contributed by atoms with Gasteiger partial charge >= 0.3 is 0 Å². The molecule has 0 aromatic carbocycles. The first-order valence-electron chi connectivity index (χ1n) is 7.31. The Labute approximate surface area is 117 Å². The fourth-order valence-corrected chi connectivity index (χ4v) is 4.73. The summed E-state index contributed by atoms with van der Waals surface area (Å²) >= 11 is 0. The number of nitrogens with one attached hydrogen (secondary N) is 2. The molecule has 0 aromatic rings. The molecule has 0 saturated carbocycles. The summed E-state index contributed by atoms with van der Waals surface area (Å²) in [5.74, 6) is 0. The van der Waals surface area contributed by atoms with Crippen LogP contribution in [0.4, 0.5) is 0 Å². The predicted molar refractivity (Wildman–Crippen MR) is 77.7 cm³/mol. The van der Waals surface area contributed by atoms with Crippen molar-refractivity contribution in [1.82, 2.24) is 14.9 Å². The molecule has 3 atom stereocenters. The normalized spacial score (nSPS) is 34.2. The second kappa shape index (κ2) is 6.08. The molecular weight excluding hydrogens is 262 g/mol. The molecule has 0 aliphatic carbocycles. The molecule has 2 saturated heterocycles. The van der Waals surface area contributed by atoms with Crippen LogP contribution in [0.3, 0.4) is 0 Å². The Hall–Kier alpha value is -0.170. The summed E-state index contributed by atoms with van der Waals surface area (Å²) in [5.41, 5.74) is 0. The van der Waals surface area contributed by atoms with Gasteiger partial charge in [0.05, 0.1) is 5.25 Å². The van der Waals surface area contributed by atoms with Crippen molar-refractivity contribution in [1.29, 1.82) is 0 Å². The zero-order valence-corrected chi connectivity index (χ0v) is 13.0. The van der Waals surface area contributed by atoms with E-state index >= 15 is 0 Å². The van der Waals surface area contributed by atoms with Gasteiger partial charge in [-0.15, -0.1) is 0 Å². The lowest BCUT2D eigenvalue weighted by atomic mass is 9.83. The Kier molecular flexibility index (Phi) is 4.87. The van der Waals surface area contributed by atoms with Gasteiger partial charge in [0.25, 0.3) is 0 Å². The lowest BCUT2D eigenvalue weighted by Gasteiger charge is -2.47. The third kappa shape index (κ3) is 3.48. The maximum Gasteiger partial charge on any atom is 0.215 e. The lowest BCUT2D eigenvalue weighted by Crippen LogP contribution is -2.56. The molecule has 112 valence electrons. The number of hydrogen-bond donors (Lipinski definition) is 2. The van der Waals surface area contributed by atoms with Gasteiger partial charge in [0.15, 0.2) is 0 Å². The summed E-state index contributed by atoms with van der Waals surface area (Å²) in [4.78, 5) is 2.45. The Morgan fingerprint density at radius 1 is 1.26 bits per heavy atom. The van der Waals surface area contributed by atoms with Crippen LogP contribution in [-0.2, 0) is 10.0 Å². The molecular formula is C13H27N3O2S. The molecule has 2 fully saturated rings. The molecule has 0 radical (unpaired) electrons. The van der Waals surface area contributed by atoms with Crippen LogP contribution in [0.25, 0.3) is 0 Å². The Bertz CT molecular complexity index is 385. The molecule has 2 rings (SSSR count). The third-order valence-corrected chi connectivity index (χ3v) is 6.58. The second-order valence-corrected chi connectivity index (χ2v) is 8.23. The third-order valence-electron chi connectivity index (χ3n) is 4.69. The van der Waals surface area contributed by atoms with Crippen LogP contribution in [0.15, 0.2) is 0 Å². The van der Waals surface area contributed by atoms with Gasteiger partial charge in [-0.1, -0.05) is 6.42 Å². The Morgan fingerprint density at radius 3 is 2.37 bits per heavy atom. The zero-order valence-electron chi connectivity index (χ0n) is 12.2. The summed E-state index contributed by atoms with van der Waals surface area (Å²) in [6.07, 6.45) is 5.61. The molecule has 2 aliphatic heterocycles. The molecule has 2 N–H and O–H groups in total. The number of hydrogen-bond acceptors (Lipinski definition) is 4. The van der Waals surface area contributed by atoms with Crippen LogP contribution in [0, 0.1) is 0 Å². The molecule has 5 nitrogen and oxygen atoms in total. The van der Waals surface area contributed by atoms with Crippen LogP contribution >= 0.6 is 0 Å². The second-order valence-electron chi connectivity index (χ2n) is 6.10. The van der Waals surface area contributed by atoms with Gasteiger partial charge in [-0.25, -0.2) is 13.1 Å². The molecule has 2 aliphatic rings. The van der Waals surface area contributed by atoms with Crippen molar-refractivity contribution in [3.63, 3.8) is 0 Å². The maximum atomic E-state index is 12.2. The number of sulfonamides is 1. The van der Waals surface area contributed by atoms with E-state index in [9.17, 15) is 8.42 Å². The standard InChI is InChI=1S/C13H27N3O2S/c1-10(9-14-2)19(17,18)15-11-7-12-5-4-6-13(8-11)16(12)3/h10-15H,4-9H2,1-3H3. The van der Waals surface area contributed by atoms with Crippen LogP contribution in [-0.4, -0.2) is 57.3 Å². The van der Waals surface area contributed by atoms with E-state index in [1.54, 1.807) is 14.0 Å². The number of piperidine rings is 2. The van der Waals surface area contributed by atoms with E-state index in [0.29, 0.717) is 18.6 Å². The van der Waals surface area contributed by atoms with Crippen molar-refractivity contribution in [2.24, 2.45) is 0 Å². The molecule has 0 aromatic heterocycles. The highest BCUT2D eigenvalue weighted by Gasteiger charge is 2.37. The van der Waals surface area contributed by atoms with E-state index < -0.39 is 10.0 Å². The molecule has 6 heteroatoms. The van der Waals surface area contributed by atoms with E-state index in [1.807, 2.05) is 0 Å². The van der Waals surface area contributed by atoms with Crippen LogP contribution in [0.5, 0.6) is 0 Å². The van der Waals surface area contributed by atoms with Gasteiger partial charge in [0.2, 0.25) is 10.0 Å². The summed E-state index contributed by atoms with van der Waals surface area (Å²) in [5, 5.41) is 2.55. The van der Waals surface area contributed by atoms with Gasteiger partial charge in [0, 0.05) is 24.7 Å². The van der Waals surface area contributed by atoms with Crippen LogP contribution < -0.4 is 10.0 Å². The lowest BCUT2D eigenvalue weighted by molar-refractivity contribution is 0.0535. The van der Waals surface area contributed by atoms with E-state index in [-0.39, 0.29) is 11.3 Å². The monoisotopic (exact) mass is 289 g/mol.